The molecule has 0 saturated heterocycles. The zero-order chi connectivity index (χ0) is 15.0. The molecule has 0 atom stereocenters. The Morgan fingerprint density at radius 1 is 1.48 bits per heavy atom. The number of hydrogen-bond donors (Lipinski definition) is 2. The van der Waals surface area contributed by atoms with Crippen LogP contribution in [0.1, 0.15) is 28.5 Å². The summed E-state index contributed by atoms with van der Waals surface area (Å²) in [5.41, 5.74) is 3.75. The third kappa shape index (κ3) is 2.52. The van der Waals surface area contributed by atoms with Gasteiger partial charge in [-0.05, 0) is 30.2 Å². The van der Waals surface area contributed by atoms with Crippen molar-refractivity contribution in [3.63, 3.8) is 0 Å². The molecule has 1 aliphatic rings. The Bertz CT molecular complexity index is 733. The number of rotatable bonds is 3. The summed E-state index contributed by atoms with van der Waals surface area (Å²) in [6.45, 7) is 1.99. The Morgan fingerprint density at radius 3 is 3.05 bits per heavy atom. The minimum absolute atomic E-state index is 0.0388. The van der Waals surface area contributed by atoms with Crippen molar-refractivity contribution in [1.29, 1.82) is 0 Å². The first-order valence-electron chi connectivity index (χ1n) is 6.83. The van der Waals surface area contributed by atoms with Crippen LogP contribution in [0.3, 0.4) is 0 Å². The van der Waals surface area contributed by atoms with Gasteiger partial charge in [0, 0.05) is 24.5 Å². The minimum atomic E-state index is -0.195. The van der Waals surface area contributed by atoms with E-state index in [4.69, 9.17) is 0 Å². The fraction of sp³-hybridized carbons (Fsp3) is 0.267. The zero-order valence-electron chi connectivity index (χ0n) is 11.9. The molecule has 2 heterocycles. The molecule has 21 heavy (non-hydrogen) atoms. The quantitative estimate of drug-likeness (QED) is 0.901. The SMILES string of the molecule is CCc1nn(C)cc1NC(=O)c1ccc2c(c1)CC(=O)N2. The number of aryl methyl sites for hydroxylation is 2. The number of carbonyl (C=O) groups is 2. The number of hydrogen-bond acceptors (Lipinski definition) is 3. The molecule has 2 aromatic rings. The van der Waals surface area contributed by atoms with Crippen molar-refractivity contribution in [2.45, 2.75) is 19.8 Å². The fourth-order valence-corrected chi connectivity index (χ4v) is 2.47. The van der Waals surface area contributed by atoms with E-state index in [0.29, 0.717) is 12.0 Å². The Labute approximate surface area is 122 Å². The summed E-state index contributed by atoms with van der Waals surface area (Å²) in [7, 11) is 1.82. The van der Waals surface area contributed by atoms with Gasteiger partial charge in [-0.1, -0.05) is 6.92 Å². The first-order valence-corrected chi connectivity index (χ1v) is 6.83. The summed E-state index contributed by atoms with van der Waals surface area (Å²) < 4.78 is 1.68. The maximum absolute atomic E-state index is 12.3. The van der Waals surface area contributed by atoms with Crippen LogP contribution in [0.15, 0.2) is 24.4 Å². The minimum Gasteiger partial charge on any atom is -0.326 e. The summed E-state index contributed by atoms with van der Waals surface area (Å²) >= 11 is 0. The molecule has 0 bridgehead atoms. The van der Waals surface area contributed by atoms with Crippen LogP contribution in [0.25, 0.3) is 0 Å². The first-order chi connectivity index (χ1) is 10.1. The van der Waals surface area contributed by atoms with Crippen LogP contribution in [-0.2, 0) is 24.7 Å². The van der Waals surface area contributed by atoms with Crippen molar-refractivity contribution >= 4 is 23.2 Å². The monoisotopic (exact) mass is 284 g/mol. The molecule has 1 aromatic heterocycles. The molecule has 3 rings (SSSR count). The van der Waals surface area contributed by atoms with Crippen LogP contribution < -0.4 is 10.6 Å². The number of benzene rings is 1. The fourth-order valence-electron chi connectivity index (χ4n) is 2.47. The lowest BCUT2D eigenvalue weighted by Crippen LogP contribution is -2.12. The van der Waals surface area contributed by atoms with E-state index in [1.54, 1.807) is 29.1 Å². The number of nitrogens with one attached hydrogen (secondary N) is 2. The third-order valence-electron chi connectivity index (χ3n) is 3.48. The molecule has 1 aliphatic heterocycles. The molecular weight excluding hydrogens is 268 g/mol. The lowest BCUT2D eigenvalue weighted by atomic mass is 10.1. The van der Waals surface area contributed by atoms with E-state index in [2.05, 4.69) is 15.7 Å². The van der Waals surface area contributed by atoms with Gasteiger partial charge in [-0.3, -0.25) is 14.3 Å². The highest BCUT2D eigenvalue weighted by Gasteiger charge is 2.19. The highest BCUT2D eigenvalue weighted by Crippen LogP contribution is 2.24. The molecule has 0 radical (unpaired) electrons. The molecule has 6 nitrogen and oxygen atoms in total. The van der Waals surface area contributed by atoms with Crippen LogP contribution in [-0.4, -0.2) is 21.6 Å². The average molecular weight is 284 g/mol. The lowest BCUT2D eigenvalue weighted by Gasteiger charge is -2.06. The molecule has 0 fully saturated rings. The average Bonchev–Trinajstić information content (AvgIpc) is 2.99. The maximum Gasteiger partial charge on any atom is 0.255 e. The zero-order valence-corrected chi connectivity index (χ0v) is 11.9. The Hall–Kier alpha value is -2.63. The second-order valence-electron chi connectivity index (χ2n) is 5.07. The van der Waals surface area contributed by atoms with Gasteiger partial charge in [-0.2, -0.15) is 5.10 Å². The summed E-state index contributed by atoms with van der Waals surface area (Å²) in [6.07, 6.45) is 2.86. The molecule has 1 aromatic carbocycles. The molecule has 0 unspecified atom stereocenters. The molecule has 6 heteroatoms. The summed E-state index contributed by atoms with van der Waals surface area (Å²) in [5, 5.41) is 9.92. The highest BCUT2D eigenvalue weighted by atomic mass is 16.2. The van der Waals surface area contributed by atoms with Gasteiger partial charge in [-0.15, -0.1) is 0 Å². The lowest BCUT2D eigenvalue weighted by molar-refractivity contribution is -0.115. The molecule has 0 aliphatic carbocycles. The maximum atomic E-state index is 12.3. The van der Waals surface area contributed by atoms with Gasteiger partial charge >= 0.3 is 0 Å². The topological polar surface area (TPSA) is 76.0 Å². The number of amides is 2. The van der Waals surface area contributed by atoms with Crippen LogP contribution >= 0.6 is 0 Å². The second-order valence-corrected chi connectivity index (χ2v) is 5.07. The summed E-state index contributed by atoms with van der Waals surface area (Å²) in [5.74, 6) is -0.233. The van der Waals surface area contributed by atoms with E-state index in [9.17, 15) is 9.59 Å². The predicted molar refractivity (Wildman–Crippen MR) is 79.3 cm³/mol. The Balaban J connectivity index is 1.83. The highest BCUT2D eigenvalue weighted by molar-refractivity contribution is 6.06. The predicted octanol–water partition coefficient (Wildman–Crippen LogP) is 1.73. The summed E-state index contributed by atoms with van der Waals surface area (Å²) in [6, 6.07) is 5.23. The van der Waals surface area contributed by atoms with Gasteiger partial charge in [0.2, 0.25) is 5.91 Å². The number of carbonyl (C=O) groups excluding carboxylic acids is 2. The second kappa shape index (κ2) is 5.05. The van der Waals surface area contributed by atoms with Crippen LogP contribution in [0, 0.1) is 0 Å². The summed E-state index contributed by atoms with van der Waals surface area (Å²) in [4.78, 5) is 23.7. The molecule has 108 valence electrons. The Morgan fingerprint density at radius 2 is 2.29 bits per heavy atom. The van der Waals surface area contributed by atoms with Crippen molar-refractivity contribution in [2.75, 3.05) is 10.6 Å². The van der Waals surface area contributed by atoms with Gasteiger partial charge in [0.05, 0.1) is 17.8 Å². The van der Waals surface area contributed by atoms with Crippen LogP contribution in [0.2, 0.25) is 0 Å². The van der Waals surface area contributed by atoms with Crippen LogP contribution in [0.4, 0.5) is 11.4 Å². The normalized spacial score (nSPS) is 13.0. The van der Waals surface area contributed by atoms with Crippen molar-refractivity contribution in [1.82, 2.24) is 9.78 Å². The van der Waals surface area contributed by atoms with E-state index in [-0.39, 0.29) is 11.8 Å². The molecular formula is C15H16N4O2. The van der Waals surface area contributed by atoms with Gasteiger partial charge in [0.25, 0.3) is 5.91 Å². The molecule has 2 amide bonds. The Kier molecular flexibility index (Phi) is 3.21. The number of anilines is 2. The van der Waals surface area contributed by atoms with Crippen molar-refractivity contribution in [2.24, 2.45) is 7.05 Å². The van der Waals surface area contributed by atoms with Gasteiger partial charge in [0.1, 0.15) is 0 Å². The largest absolute Gasteiger partial charge is 0.326 e. The van der Waals surface area contributed by atoms with Crippen LogP contribution in [0.5, 0.6) is 0 Å². The smallest absolute Gasteiger partial charge is 0.255 e. The van der Waals surface area contributed by atoms with E-state index in [1.165, 1.54) is 0 Å². The van der Waals surface area contributed by atoms with Crippen molar-refractivity contribution in [3.05, 3.63) is 41.2 Å². The van der Waals surface area contributed by atoms with Gasteiger partial charge in [0.15, 0.2) is 0 Å². The number of aromatic nitrogens is 2. The number of fused-ring (bicyclic) bond motifs is 1. The standard InChI is InChI=1S/C15H16N4O2/c1-3-11-13(8-19(2)18-11)17-15(21)9-4-5-12-10(6-9)7-14(20)16-12/h4-6,8H,3,7H2,1-2H3,(H,16,20)(H,17,21). The van der Waals surface area contributed by atoms with Crippen molar-refractivity contribution < 1.29 is 9.59 Å². The van der Waals surface area contributed by atoms with Gasteiger partial charge in [-0.25, -0.2) is 0 Å². The van der Waals surface area contributed by atoms with E-state index < -0.39 is 0 Å². The van der Waals surface area contributed by atoms with Crippen molar-refractivity contribution in [3.8, 4) is 0 Å². The first kappa shape index (κ1) is 13.4. The molecule has 2 N–H and O–H groups in total. The number of nitrogens with zero attached hydrogens (tertiary/aromatic N) is 2. The molecule has 0 saturated carbocycles. The van der Waals surface area contributed by atoms with E-state index >= 15 is 0 Å². The third-order valence-corrected chi connectivity index (χ3v) is 3.48. The van der Waals surface area contributed by atoms with Gasteiger partial charge < -0.3 is 10.6 Å². The van der Waals surface area contributed by atoms with E-state index in [0.717, 1.165) is 29.1 Å². The molecule has 0 spiro atoms. The van der Waals surface area contributed by atoms with E-state index in [1.807, 2.05) is 14.0 Å².